The summed E-state index contributed by atoms with van der Waals surface area (Å²) in [7, 11) is 0. The van der Waals surface area contributed by atoms with E-state index in [1.54, 1.807) is 20.8 Å². The summed E-state index contributed by atoms with van der Waals surface area (Å²) in [6.07, 6.45) is -0.857. The van der Waals surface area contributed by atoms with E-state index in [0.717, 1.165) is 0 Å². The Morgan fingerprint density at radius 1 is 1.29 bits per heavy atom. The second-order valence-electron chi connectivity index (χ2n) is 4.13. The van der Waals surface area contributed by atoms with Crippen molar-refractivity contribution in [1.29, 1.82) is 0 Å². The van der Waals surface area contributed by atoms with Crippen molar-refractivity contribution in [3.63, 3.8) is 0 Å². The van der Waals surface area contributed by atoms with Gasteiger partial charge in [-0.05, 0) is 27.7 Å². The molecule has 0 aliphatic heterocycles. The van der Waals surface area contributed by atoms with Gasteiger partial charge in [0.25, 0.3) is 0 Å². The van der Waals surface area contributed by atoms with Crippen LogP contribution in [0.3, 0.4) is 0 Å². The van der Waals surface area contributed by atoms with E-state index >= 15 is 0 Å². The maximum Gasteiger partial charge on any atom is 0.409 e. The number of amides is 1. The van der Waals surface area contributed by atoms with Crippen LogP contribution in [0.1, 0.15) is 27.7 Å². The zero-order chi connectivity index (χ0) is 11.6. The Morgan fingerprint density at radius 2 is 1.71 bits per heavy atom. The highest BCUT2D eigenvalue weighted by Crippen LogP contribution is 2.07. The van der Waals surface area contributed by atoms with Crippen LogP contribution < -0.4 is 11.1 Å². The molecule has 0 aliphatic carbocycles. The van der Waals surface area contributed by atoms with Gasteiger partial charge < -0.3 is 9.84 Å². The number of alkyl carbamates (subject to hydrolysis) is 1. The Kier molecular flexibility index (Phi) is 3.47. The summed E-state index contributed by atoms with van der Waals surface area (Å²) in [6.45, 7) is 6.17. The first kappa shape index (κ1) is 12.7. The third-order valence-electron chi connectivity index (χ3n) is 1.20. The van der Waals surface area contributed by atoms with Crippen molar-refractivity contribution in [3.8, 4) is 0 Å². The molecule has 82 valence electrons. The van der Waals surface area contributed by atoms with Gasteiger partial charge in [-0.25, -0.2) is 9.59 Å². The largest absolute Gasteiger partial charge is 0.479 e. The lowest BCUT2D eigenvalue weighted by molar-refractivity contribution is -0.143. The molecule has 1 amide bonds. The SMILES string of the molecule is CC(C)(C)OC(=O)N[C@@](C)(N)C(=O)O. The van der Waals surface area contributed by atoms with Crippen molar-refractivity contribution in [1.82, 2.24) is 5.32 Å². The molecule has 0 aromatic carbocycles. The topological polar surface area (TPSA) is 102 Å². The number of nitrogens with one attached hydrogen (secondary N) is 1. The third kappa shape index (κ3) is 4.66. The van der Waals surface area contributed by atoms with Crippen LogP contribution in [0.4, 0.5) is 4.79 Å². The lowest BCUT2D eigenvalue weighted by Crippen LogP contribution is -2.59. The minimum atomic E-state index is -1.82. The fraction of sp³-hybridized carbons (Fsp3) is 0.750. The number of carboxylic acids is 1. The zero-order valence-corrected chi connectivity index (χ0v) is 8.75. The van der Waals surface area contributed by atoms with Gasteiger partial charge in [-0.1, -0.05) is 0 Å². The van der Waals surface area contributed by atoms with Gasteiger partial charge in [-0.15, -0.1) is 0 Å². The number of carboxylic acid groups (broad SMARTS) is 1. The lowest BCUT2D eigenvalue weighted by atomic mass is 10.2. The predicted molar refractivity (Wildman–Crippen MR) is 49.6 cm³/mol. The van der Waals surface area contributed by atoms with Crippen LogP contribution >= 0.6 is 0 Å². The van der Waals surface area contributed by atoms with Gasteiger partial charge in [-0.3, -0.25) is 11.1 Å². The molecule has 14 heavy (non-hydrogen) atoms. The lowest BCUT2D eigenvalue weighted by Gasteiger charge is -2.25. The summed E-state index contributed by atoms with van der Waals surface area (Å²) in [5, 5.41) is 10.6. The standard InChI is InChI=1S/C8H16N2O4/c1-7(2,3)14-6(13)10-8(4,9)5(11)12/h9H2,1-4H3,(H,10,13)(H,11,12)/t8-/m1/s1. The van der Waals surface area contributed by atoms with Crippen molar-refractivity contribution in [2.24, 2.45) is 5.73 Å². The summed E-state index contributed by atoms with van der Waals surface area (Å²) < 4.78 is 4.83. The van der Waals surface area contributed by atoms with Crippen LogP contribution in [0.2, 0.25) is 0 Å². The van der Waals surface area contributed by atoms with E-state index in [4.69, 9.17) is 15.6 Å². The van der Waals surface area contributed by atoms with Gasteiger partial charge in [0.15, 0.2) is 5.66 Å². The highest BCUT2D eigenvalue weighted by atomic mass is 16.6. The van der Waals surface area contributed by atoms with E-state index < -0.39 is 23.3 Å². The fourth-order valence-electron chi connectivity index (χ4n) is 0.569. The summed E-state index contributed by atoms with van der Waals surface area (Å²) in [5.74, 6) is -1.33. The molecule has 0 unspecified atom stereocenters. The molecular formula is C8H16N2O4. The average molecular weight is 204 g/mol. The molecule has 0 rings (SSSR count). The van der Waals surface area contributed by atoms with E-state index in [0.29, 0.717) is 0 Å². The van der Waals surface area contributed by atoms with Crippen molar-refractivity contribution >= 4 is 12.1 Å². The van der Waals surface area contributed by atoms with Gasteiger partial charge >= 0.3 is 12.1 Å². The molecule has 0 aliphatic rings. The fourth-order valence-corrected chi connectivity index (χ4v) is 0.569. The molecule has 0 spiro atoms. The number of ether oxygens (including phenoxy) is 1. The van der Waals surface area contributed by atoms with Crippen molar-refractivity contribution < 1.29 is 19.4 Å². The third-order valence-corrected chi connectivity index (χ3v) is 1.20. The highest BCUT2D eigenvalue weighted by Gasteiger charge is 2.31. The average Bonchev–Trinajstić information content (AvgIpc) is 1.79. The Balaban J connectivity index is 4.27. The van der Waals surface area contributed by atoms with E-state index in [1.807, 2.05) is 5.32 Å². The van der Waals surface area contributed by atoms with Gasteiger partial charge in [0.1, 0.15) is 5.60 Å². The van der Waals surface area contributed by atoms with Gasteiger partial charge in [0, 0.05) is 0 Å². The van der Waals surface area contributed by atoms with E-state index in [1.165, 1.54) is 6.92 Å². The minimum absolute atomic E-state index is 0.682. The van der Waals surface area contributed by atoms with E-state index in [2.05, 4.69) is 0 Å². The van der Waals surface area contributed by atoms with Crippen LogP contribution in [-0.4, -0.2) is 28.4 Å². The molecule has 0 fully saturated rings. The molecular weight excluding hydrogens is 188 g/mol. The number of carbonyl (C=O) groups excluding carboxylic acids is 1. The second-order valence-corrected chi connectivity index (χ2v) is 4.13. The molecule has 6 nitrogen and oxygen atoms in total. The molecule has 0 aromatic rings. The number of aliphatic carboxylic acids is 1. The monoisotopic (exact) mass is 204 g/mol. The second kappa shape index (κ2) is 3.83. The number of rotatable bonds is 2. The predicted octanol–water partition coefficient (Wildman–Crippen LogP) is 0.271. The smallest absolute Gasteiger partial charge is 0.409 e. The van der Waals surface area contributed by atoms with Crippen molar-refractivity contribution in [3.05, 3.63) is 0 Å². The maximum atomic E-state index is 11.1. The first-order chi connectivity index (χ1) is 6.04. The Morgan fingerprint density at radius 3 is 2.00 bits per heavy atom. The highest BCUT2D eigenvalue weighted by molar-refractivity contribution is 5.83. The Hall–Kier alpha value is -1.30. The maximum absolute atomic E-state index is 11.1. The van der Waals surface area contributed by atoms with Crippen LogP contribution in [-0.2, 0) is 9.53 Å². The Bertz CT molecular complexity index is 242. The summed E-state index contributed by atoms with van der Waals surface area (Å²) >= 11 is 0. The summed E-state index contributed by atoms with van der Waals surface area (Å²) in [6, 6.07) is 0. The quantitative estimate of drug-likeness (QED) is 0.560. The van der Waals surface area contributed by atoms with Crippen LogP contribution in [0.15, 0.2) is 0 Å². The molecule has 0 saturated heterocycles. The molecule has 0 radical (unpaired) electrons. The van der Waals surface area contributed by atoms with Crippen LogP contribution in [0.5, 0.6) is 0 Å². The van der Waals surface area contributed by atoms with E-state index in [-0.39, 0.29) is 0 Å². The molecule has 0 saturated carbocycles. The summed E-state index contributed by atoms with van der Waals surface area (Å²) in [5.41, 5.74) is 2.77. The van der Waals surface area contributed by atoms with Crippen molar-refractivity contribution in [2.75, 3.05) is 0 Å². The molecule has 0 aromatic heterocycles. The molecule has 6 heteroatoms. The molecule has 4 N–H and O–H groups in total. The molecule has 0 bridgehead atoms. The number of hydrogen-bond donors (Lipinski definition) is 3. The minimum Gasteiger partial charge on any atom is -0.479 e. The molecule has 1 atom stereocenters. The zero-order valence-electron chi connectivity index (χ0n) is 8.75. The summed E-state index contributed by atoms with van der Waals surface area (Å²) in [4.78, 5) is 21.6. The van der Waals surface area contributed by atoms with Crippen LogP contribution in [0, 0.1) is 0 Å². The number of nitrogens with two attached hydrogens (primary N) is 1. The van der Waals surface area contributed by atoms with Gasteiger partial charge in [-0.2, -0.15) is 0 Å². The first-order valence-corrected chi connectivity index (χ1v) is 4.08. The Labute approximate surface area is 82.4 Å². The number of carbonyl (C=O) groups is 2. The molecule has 0 heterocycles. The van der Waals surface area contributed by atoms with Gasteiger partial charge in [0.2, 0.25) is 0 Å². The van der Waals surface area contributed by atoms with Crippen LogP contribution in [0.25, 0.3) is 0 Å². The number of hydrogen-bond acceptors (Lipinski definition) is 4. The normalized spacial score (nSPS) is 15.5. The van der Waals surface area contributed by atoms with E-state index in [9.17, 15) is 9.59 Å². The van der Waals surface area contributed by atoms with Gasteiger partial charge in [0.05, 0.1) is 0 Å². The van der Waals surface area contributed by atoms with Crippen molar-refractivity contribution in [2.45, 2.75) is 39.0 Å². The first-order valence-electron chi connectivity index (χ1n) is 4.08.